The largest absolute Gasteiger partial charge is 0.348 e. The van der Waals surface area contributed by atoms with E-state index < -0.39 is 10.8 Å². The molecular formula is C23H31N3O2S. The van der Waals surface area contributed by atoms with Gasteiger partial charge in [-0.1, -0.05) is 43.3 Å². The minimum absolute atomic E-state index is 0.0971. The van der Waals surface area contributed by atoms with Crippen LogP contribution in [0.2, 0.25) is 0 Å². The van der Waals surface area contributed by atoms with Gasteiger partial charge in [0.25, 0.3) is 5.91 Å². The molecule has 0 aromatic heterocycles. The average molecular weight is 414 g/mol. The molecule has 1 heterocycles. The molecule has 3 rings (SSSR count). The van der Waals surface area contributed by atoms with Crippen molar-refractivity contribution in [1.82, 2.24) is 15.1 Å². The molecule has 0 spiro atoms. The first-order valence-corrected chi connectivity index (χ1v) is 12.0. The van der Waals surface area contributed by atoms with Crippen LogP contribution in [0.15, 0.2) is 48.5 Å². The van der Waals surface area contributed by atoms with Crippen LogP contribution in [0.4, 0.5) is 0 Å². The zero-order chi connectivity index (χ0) is 20.6. The lowest BCUT2D eigenvalue weighted by molar-refractivity contribution is 0.0950. The van der Waals surface area contributed by atoms with Gasteiger partial charge >= 0.3 is 0 Å². The first kappa shape index (κ1) is 21.7. The number of nitrogens with zero attached hydrogens (tertiary/aromatic N) is 2. The summed E-state index contributed by atoms with van der Waals surface area (Å²) in [6.45, 7) is 9.16. The molecule has 6 heteroatoms. The van der Waals surface area contributed by atoms with E-state index in [0.29, 0.717) is 17.9 Å². The highest BCUT2D eigenvalue weighted by Gasteiger charge is 2.17. The summed E-state index contributed by atoms with van der Waals surface area (Å²) >= 11 is 0. The van der Waals surface area contributed by atoms with Gasteiger partial charge in [-0.25, -0.2) is 0 Å². The van der Waals surface area contributed by atoms with Gasteiger partial charge in [-0.3, -0.25) is 13.9 Å². The fraction of sp³-hybridized carbons (Fsp3) is 0.435. The second-order valence-electron chi connectivity index (χ2n) is 7.58. The van der Waals surface area contributed by atoms with Crippen molar-refractivity contribution < 1.29 is 9.00 Å². The molecule has 1 aliphatic rings. The van der Waals surface area contributed by atoms with Crippen molar-refractivity contribution in [3.63, 3.8) is 0 Å². The van der Waals surface area contributed by atoms with E-state index in [2.05, 4.69) is 40.2 Å². The summed E-state index contributed by atoms with van der Waals surface area (Å²) < 4.78 is 11.4. The fourth-order valence-electron chi connectivity index (χ4n) is 3.70. The van der Waals surface area contributed by atoms with Crippen LogP contribution in [0.3, 0.4) is 0 Å². The molecule has 5 nitrogen and oxygen atoms in total. The number of carbonyl (C=O) groups excluding carboxylic acids is 1. The van der Waals surface area contributed by atoms with Crippen LogP contribution in [0.5, 0.6) is 0 Å². The molecule has 1 fully saturated rings. The van der Waals surface area contributed by atoms with E-state index in [1.165, 1.54) is 5.56 Å². The van der Waals surface area contributed by atoms with Crippen molar-refractivity contribution in [3.05, 3.63) is 70.8 Å². The summed E-state index contributed by atoms with van der Waals surface area (Å²) in [5.41, 5.74) is 3.96. The Morgan fingerprint density at radius 3 is 2.38 bits per heavy atom. The molecule has 1 amide bonds. The number of likely N-dealkylation sites (N-methyl/N-ethyl adjacent to an activating group) is 1. The van der Waals surface area contributed by atoms with Crippen LogP contribution >= 0.6 is 0 Å². The highest BCUT2D eigenvalue weighted by molar-refractivity contribution is 7.83. The number of rotatable bonds is 8. The SMILES string of the molecule is CCN1CCN(Cc2ccccc2CNC(=O)c2cccc(CS(C)=O)c2)CC1. The van der Waals surface area contributed by atoms with Gasteiger partial charge in [-0.05, 0) is 35.4 Å². The summed E-state index contributed by atoms with van der Waals surface area (Å²) in [6.07, 6.45) is 1.67. The number of nitrogens with one attached hydrogen (secondary N) is 1. The van der Waals surface area contributed by atoms with Gasteiger partial charge in [0.2, 0.25) is 0 Å². The summed E-state index contributed by atoms with van der Waals surface area (Å²) in [6, 6.07) is 15.7. The summed E-state index contributed by atoms with van der Waals surface area (Å²) in [4.78, 5) is 17.6. The summed E-state index contributed by atoms with van der Waals surface area (Å²) in [5, 5.41) is 3.05. The van der Waals surface area contributed by atoms with Crippen molar-refractivity contribution in [1.29, 1.82) is 0 Å². The molecule has 1 saturated heterocycles. The standard InChI is InChI=1S/C23H31N3O2S/c1-3-25-11-13-26(14-12-25)17-22-9-5-4-8-21(22)16-24-23(27)20-10-6-7-19(15-20)18-29(2)28/h4-10,15H,3,11-14,16-18H2,1-2H3,(H,24,27). The van der Waals surface area contributed by atoms with Crippen LogP contribution in [0.1, 0.15) is 34.0 Å². The summed E-state index contributed by atoms with van der Waals surface area (Å²) in [5.74, 6) is 0.370. The molecule has 0 saturated carbocycles. The predicted molar refractivity (Wildman–Crippen MR) is 119 cm³/mol. The molecule has 0 aliphatic carbocycles. The fourth-order valence-corrected chi connectivity index (χ4v) is 4.35. The molecule has 1 N–H and O–H groups in total. The minimum atomic E-state index is -0.921. The third-order valence-corrected chi connectivity index (χ3v) is 6.16. The van der Waals surface area contributed by atoms with Crippen LogP contribution in [-0.4, -0.2) is 58.9 Å². The highest BCUT2D eigenvalue weighted by atomic mass is 32.2. The van der Waals surface area contributed by atoms with E-state index >= 15 is 0 Å². The molecule has 2 aromatic rings. The number of benzene rings is 2. The van der Waals surface area contributed by atoms with Crippen molar-refractivity contribution >= 4 is 16.7 Å². The van der Waals surface area contributed by atoms with Gasteiger partial charge in [-0.15, -0.1) is 0 Å². The Kier molecular flexibility index (Phi) is 7.98. The molecule has 29 heavy (non-hydrogen) atoms. The molecule has 156 valence electrons. The second-order valence-corrected chi connectivity index (χ2v) is 9.01. The second kappa shape index (κ2) is 10.7. The topological polar surface area (TPSA) is 52.6 Å². The lowest BCUT2D eigenvalue weighted by atomic mass is 10.1. The van der Waals surface area contributed by atoms with Crippen molar-refractivity contribution in [2.45, 2.75) is 25.8 Å². The van der Waals surface area contributed by atoms with E-state index in [9.17, 15) is 9.00 Å². The first-order valence-electron chi connectivity index (χ1n) is 10.2. The Bertz CT molecular complexity index is 848. The Morgan fingerprint density at radius 1 is 1.00 bits per heavy atom. The van der Waals surface area contributed by atoms with E-state index in [1.807, 2.05) is 24.3 Å². The van der Waals surface area contributed by atoms with Gasteiger partial charge in [0.05, 0.1) is 0 Å². The molecule has 1 atom stereocenters. The summed E-state index contributed by atoms with van der Waals surface area (Å²) in [7, 11) is -0.921. The quantitative estimate of drug-likeness (QED) is 0.723. The number of carbonyl (C=O) groups is 1. The van der Waals surface area contributed by atoms with Gasteiger partial charge in [0.1, 0.15) is 0 Å². The molecule has 1 unspecified atom stereocenters. The lowest BCUT2D eigenvalue weighted by Crippen LogP contribution is -2.45. The van der Waals surface area contributed by atoms with Crippen LogP contribution in [0.25, 0.3) is 0 Å². The van der Waals surface area contributed by atoms with Gasteiger partial charge in [-0.2, -0.15) is 0 Å². The zero-order valence-corrected chi connectivity index (χ0v) is 18.2. The Labute approximate surface area is 176 Å². The number of amides is 1. The smallest absolute Gasteiger partial charge is 0.251 e. The van der Waals surface area contributed by atoms with Crippen molar-refractivity contribution in [2.75, 3.05) is 39.0 Å². The molecule has 2 aromatic carbocycles. The predicted octanol–water partition coefficient (Wildman–Crippen LogP) is 2.63. The van der Waals surface area contributed by atoms with Gasteiger partial charge in [0.15, 0.2) is 0 Å². The Hall–Kier alpha value is -2.02. The number of piperazine rings is 1. The molecule has 0 bridgehead atoms. The lowest BCUT2D eigenvalue weighted by Gasteiger charge is -2.34. The van der Waals surface area contributed by atoms with E-state index in [-0.39, 0.29) is 5.91 Å². The third kappa shape index (κ3) is 6.49. The highest BCUT2D eigenvalue weighted by Crippen LogP contribution is 2.14. The van der Waals surface area contributed by atoms with Crippen LogP contribution < -0.4 is 5.32 Å². The molecular weight excluding hydrogens is 382 g/mol. The molecule has 1 aliphatic heterocycles. The normalized spacial score (nSPS) is 16.5. The Balaban J connectivity index is 1.60. The maximum absolute atomic E-state index is 12.6. The molecule has 0 radical (unpaired) electrons. The van der Waals surface area contributed by atoms with Crippen LogP contribution in [-0.2, 0) is 29.6 Å². The van der Waals surface area contributed by atoms with E-state index in [1.54, 1.807) is 12.3 Å². The van der Waals surface area contributed by atoms with E-state index in [0.717, 1.165) is 50.4 Å². The van der Waals surface area contributed by atoms with Crippen molar-refractivity contribution in [2.24, 2.45) is 0 Å². The zero-order valence-electron chi connectivity index (χ0n) is 17.4. The first-order chi connectivity index (χ1) is 14.0. The monoisotopic (exact) mass is 413 g/mol. The number of hydrogen-bond acceptors (Lipinski definition) is 4. The maximum Gasteiger partial charge on any atom is 0.251 e. The van der Waals surface area contributed by atoms with E-state index in [4.69, 9.17) is 0 Å². The van der Waals surface area contributed by atoms with Crippen LogP contribution in [0, 0.1) is 0 Å². The third-order valence-electron chi connectivity index (χ3n) is 5.42. The minimum Gasteiger partial charge on any atom is -0.348 e. The maximum atomic E-state index is 12.6. The van der Waals surface area contributed by atoms with Gasteiger partial charge < -0.3 is 10.2 Å². The Morgan fingerprint density at radius 2 is 1.69 bits per heavy atom. The average Bonchev–Trinajstić information content (AvgIpc) is 2.73. The number of hydrogen-bond donors (Lipinski definition) is 1. The van der Waals surface area contributed by atoms with Gasteiger partial charge in [0, 0.05) is 67.6 Å². The van der Waals surface area contributed by atoms with Crippen molar-refractivity contribution in [3.8, 4) is 0 Å².